The van der Waals surface area contributed by atoms with Gasteiger partial charge in [-0.15, -0.1) is 11.6 Å². The van der Waals surface area contributed by atoms with Crippen LogP contribution in [0.5, 0.6) is 0 Å². The second kappa shape index (κ2) is 7.26. The monoisotopic (exact) mass is 314 g/mol. The molecule has 20 heavy (non-hydrogen) atoms. The molecule has 1 heterocycles. The molecule has 0 spiro atoms. The molecule has 1 aliphatic heterocycles. The highest BCUT2D eigenvalue weighted by Gasteiger charge is 2.30. The number of rotatable bonds is 4. The first-order chi connectivity index (χ1) is 9.67. The Bertz CT molecular complexity index is 499. The van der Waals surface area contributed by atoms with Crippen molar-refractivity contribution in [3.8, 4) is 6.07 Å². The molecule has 0 bridgehead atoms. The van der Waals surface area contributed by atoms with Crippen molar-refractivity contribution < 1.29 is 4.39 Å². The molecule has 5 heteroatoms. The van der Waals surface area contributed by atoms with Gasteiger partial charge in [-0.05, 0) is 31.4 Å². The number of piperidine rings is 1. The maximum atomic E-state index is 13.2. The molecule has 2 unspecified atom stereocenters. The van der Waals surface area contributed by atoms with E-state index < -0.39 is 6.04 Å². The Labute approximate surface area is 129 Å². The minimum atomic E-state index is -0.434. The molecule has 0 N–H and O–H groups in total. The van der Waals surface area contributed by atoms with Crippen molar-refractivity contribution in [2.75, 3.05) is 12.4 Å². The number of halogens is 3. The molecule has 0 radical (unpaired) electrons. The standard InChI is InChI=1S/C15H17Cl2FN2/c16-7-6-12-3-1-2-8-20(12)15(10-19)13-5-4-11(18)9-14(13)17/h4-5,9,12,15H,1-3,6-8H2. The molecule has 1 aromatic carbocycles. The minimum absolute atomic E-state index is 0.298. The van der Waals surface area contributed by atoms with Crippen LogP contribution in [0.2, 0.25) is 5.02 Å². The van der Waals surface area contributed by atoms with Gasteiger partial charge in [-0.25, -0.2) is 4.39 Å². The van der Waals surface area contributed by atoms with Gasteiger partial charge in [-0.3, -0.25) is 4.90 Å². The Morgan fingerprint density at radius 2 is 2.25 bits per heavy atom. The first kappa shape index (κ1) is 15.6. The Hall–Kier alpha value is -0.820. The first-order valence-corrected chi connectivity index (χ1v) is 7.75. The predicted octanol–water partition coefficient (Wildman–Crippen LogP) is 4.53. The Kier molecular flexibility index (Phi) is 5.65. The van der Waals surface area contributed by atoms with Crippen LogP contribution in [-0.2, 0) is 0 Å². The smallest absolute Gasteiger partial charge is 0.125 e. The van der Waals surface area contributed by atoms with E-state index in [0.29, 0.717) is 22.5 Å². The van der Waals surface area contributed by atoms with Crippen molar-refractivity contribution in [1.82, 2.24) is 4.90 Å². The number of alkyl halides is 1. The lowest BCUT2D eigenvalue weighted by molar-refractivity contribution is 0.117. The summed E-state index contributed by atoms with van der Waals surface area (Å²) in [5, 5.41) is 9.85. The third-order valence-electron chi connectivity index (χ3n) is 3.83. The highest BCUT2D eigenvalue weighted by Crippen LogP contribution is 2.33. The summed E-state index contributed by atoms with van der Waals surface area (Å²) < 4.78 is 13.2. The summed E-state index contributed by atoms with van der Waals surface area (Å²) in [6.45, 7) is 0.855. The van der Waals surface area contributed by atoms with Crippen molar-refractivity contribution in [3.05, 3.63) is 34.6 Å². The van der Waals surface area contributed by atoms with Crippen molar-refractivity contribution in [2.45, 2.75) is 37.8 Å². The SMILES string of the molecule is N#CC(c1ccc(F)cc1Cl)N1CCCCC1CCCl. The number of benzene rings is 1. The average Bonchev–Trinajstić information content (AvgIpc) is 2.44. The van der Waals surface area contributed by atoms with Crippen molar-refractivity contribution in [1.29, 1.82) is 5.26 Å². The highest BCUT2D eigenvalue weighted by atomic mass is 35.5. The Morgan fingerprint density at radius 3 is 2.90 bits per heavy atom. The maximum Gasteiger partial charge on any atom is 0.125 e. The summed E-state index contributed by atoms with van der Waals surface area (Å²) in [5.74, 6) is 0.197. The lowest BCUT2D eigenvalue weighted by Crippen LogP contribution is -2.42. The topological polar surface area (TPSA) is 27.0 Å². The molecule has 1 saturated heterocycles. The average molecular weight is 315 g/mol. The lowest BCUT2D eigenvalue weighted by Gasteiger charge is -2.38. The maximum absolute atomic E-state index is 13.2. The summed E-state index contributed by atoms with van der Waals surface area (Å²) in [7, 11) is 0. The van der Waals surface area contributed by atoms with Crippen molar-refractivity contribution in [2.24, 2.45) is 0 Å². The van der Waals surface area contributed by atoms with Crippen LogP contribution in [0.1, 0.15) is 37.3 Å². The van der Waals surface area contributed by atoms with E-state index in [1.807, 2.05) is 0 Å². The summed E-state index contributed by atoms with van der Waals surface area (Å²) in [5.41, 5.74) is 0.678. The van der Waals surface area contributed by atoms with Crippen LogP contribution in [0.25, 0.3) is 0 Å². The Morgan fingerprint density at radius 1 is 1.45 bits per heavy atom. The van der Waals surface area contributed by atoms with Crippen LogP contribution in [0.15, 0.2) is 18.2 Å². The predicted molar refractivity (Wildman–Crippen MR) is 79.4 cm³/mol. The molecule has 1 aliphatic rings. The van der Waals surface area contributed by atoms with Gasteiger partial charge in [0.05, 0.1) is 6.07 Å². The van der Waals surface area contributed by atoms with E-state index in [1.165, 1.54) is 12.1 Å². The van der Waals surface area contributed by atoms with Gasteiger partial charge in [0, 0.05) is 29.1 Å². The van der Waals surface area contributed by atoms with Crippen LogP contribution < -0.4 is 0 Å². The number of nitriles is 1. The normalized spacial score (nSPS) is 21.4. The second-order valence-electron chi connectivity index (χ2n) is 5.06. The van der Waals surface area contributed by atoms with E-state index in [9.17, 15) is 9.65 Å². The quantitative estimate of drug-likeness (QED) is 0.764. The fourth-order valence-corrected chi connectivity index (χ4v) is 3.37. The van der Waals surface area contributed by atoms with Crippen LogP contribution in [0.3, 0.4) is 0 Å². The molecule has 0 aromatic heterocycles. The van der Waals surface area contributed by atoms with Gasteiger partial charge < -0.3 is 0 Å². The van der Waals surface area contributed by atoms with E-state index in [2.05, 4.69) is 11.0 Å². The van der Waals surface area contributed by atoms with Gasteiger partial charge in [0.15, 0.2) is 0 Å². The minimum Gasteiger partial charge on any atom is -0.281 e. The van der Waals surface area contributed by atoms with Crippen molar-refractivity contribution >= 4 is 23.2 Å². The number of likely N-dealkylation sites (tertiary alicyclic amines) is 1. The van der Waals surface area contributed by atoms with E-state index in [4.69, 9.17) is 23.2 Å². The van der Waals surface area contributed by atoms with Crippen LogP contribution in [0.4, 0.5) is 4.39 Å². The van der Waals surface area contributed by atoms with Crippen LogP contribution in [-0.4, -0.2) is 23.4 Å². The van der Waals surface area contributed by atoms with Crippen LogP contribution >= 0.6 is 23.2 Å². The zero-order valence-electron chi connectivity index (χ0n) is 11.2. The zero-order chi connectivity index (χ0) is 14.5. The number of hydrogen-bond acceptors (Lipinski definition) is 2. The molecule has 1 aromatic rings. The highest BCUT2D eigenvalue weighted by molar-refractivity contribution is 6.31. The molecule has 108 valence electrons. The van der Waals surface area contributed by atoms with Gasteiger partial charge in [0.2, 0.25) is 0 Å². The molecule has 0 saturated carbocycles. The first-order valence-electron chi connectivity index (χ1n) is 6.83. The summed E-state index contributed by atoms with van der Waals surface area (Å²) in [4.78, 5) is 2.16. The van der Waals surface area contributed by atoms with Crippen molar-refractivity contribution in [3.63, 3.8) is 0 Å². The fourth-order valence-electron chi connectivity index (χ4n) is 2.84. The van der Waals surface area contributed by atoms with E-state index in [-0.39, 0.29) is 5.82 Å². The van der Waals surface area contributed by atoms with Gasteiger partial charge >= 0.3 is 0 Å². The molecule has 2 atom stereocenters. The molecule has 0 aliphatic carbocycles. The summed E-state index contributed by atoms with van der Waals surface area (Å²) >= 11 is 12.0. The van der Waals surface area contributed by atoms with Gasteiger partial charge in [0.1, 0.15) is 11.9 Å². The number of nitrogens with zero attached hydrogens (tertiary/aromatic N) is 2. The zero-order valence-corrected chi connectivity index (χ0v) is 12.7. The fraction of sp³-hybridized carbons (Fsp3) is 0.533. The van der Waals surface area contributed by atoms with E-state index in [0.717, 1.165) is 32.2 Å². The Balaban J connectivity index is 2.28. The third kappa shape index (κ3) is 3.44. The molecule has 2 nitrogen and oxygen atoms in total. The molecular formula is C15H17Cl2FN2. The molecular weight excluding hydrogens is 298 g/mol. The molecule has 2 rings (SSSR count). The van der Waals surface area contributed by atoms with Crippen LogP contribution in [0, 0.1) is 17.1 Å². The lowest BCUT2D eigenvalue weighted by atomic mass is 9.95. The largest absolute Gasteiger partial charge is 0.281 e. The second-order valence-corrected chi connectivity index (χ2v) is 5.85. The van der Waals surface area contributed by atoms with E-state index in [1.54, 1.807) is 6.07 Å². The van der Waals surface area contributed by atoms with Gasteiger partial charge in [-0.2, -0.15) is 5.26 Å². The summed E-state index contributed by atoms with van der Waals surface area (Å²) in [6, 6.07) is 6.41. The molecule has 1 fully saturated rings. The van der Waals surface area contributed by atoms with E-state index >= 15 is 0 Å². The van der Waals surface area contributed by atoms with Gasteiger partial charge in [0.25, 0.3) is 0 Å². The van der Waals surface area contributed by atoms with Gasteiger partial charge in [-0.1, -0.05) is 24.1 Å². The number of hydrogen-bond donors (Lipinski definition) is 0. The molecule has 0 amide bonds. The third-order valence-corrected chi connectivity index (χ3v) is 4.37. The summed E-state index contributed by atoms with van der Waals surface area (Å²) in [6.07, 6.45) is 4.13.